The number of hydrogen-bond acceptors (Lipinski definition) is 7. The average Bonchev–Trinajstić information content (AvgIpc) is 3.66. The standard InChI is InChI=1S/C31H39NO7/c1-20(33)32-25-27(34-18-21-12-6-3-7-13-21)26-24(37-29(25)36-23-16-10-5-11-17-23)19-35-30(38-26)31(2)28(39-31)22-14-8-4-9-15-22/h3-4,6-9,12-15,23-30H,5,10-11,16-19H2,1-2H3,(H,32,33)/t24-,25-,26-,27-,28-,29-,30-,31+/m1/s1. The molecule has 1 amide bonds. The van der Waals surface area contributed by atoms with Crippen LogP contribution in [0.1, 0.15) is 63.2 Å². The van der Waals surface area contributed by atoms with E-state index in [9.17, 15) is 4.79 Å². The van der Waals surface area contributed by atoms with Crippen molar-refractivity contribution in [1.29, 1.82) is 0 Å². The summed E-state index contributed by atoms with van der Waals surface area (Å²) in [4.78, 5) is 12.4. The smallest absolute Gasteiger partial charge is 0.217 e. The molecule has 0 spiro atoms. The van der Waals surface area contributed by atoms with Crippen LogP contribution in [-0.2, 0) is 39.8 Å². The van der Waals surface area contributed by atoms with E-state index in [-0.39, 0.29) is 18.1 Å². The van der Waals surface area contributed by atoms with Crippen LogP contribution in [0.3, 0.4) is 0 Å². The number of carbonyl (C=O) groups excluding carboxylic acids is 1. The van der Waals surface area contributed by atoms with Crippen LogP contribution in [0.25, 0.3) is 0 Å². The molecule has 3 heterocycles. The number of fused-ring (bicyclic) bond motifs is 1. The molecule has 6 rings (SSSR count). The molecule has 3 saturated heterocycles. The molecule has 8 atom stereocenters. The first kappa shape index (κ1) is 26.9. The monoisotopic (exact) mass is 537 g/mol. The number of ether oxygens (including phenoxy) is 6. The normalized spacial score (nSPS) is 36.6. The van der Waals surface area contributed by atoms with Crippen molar-refractivity contribution in [3.63, 3.8) is 0 Å². The van der Waals surface area contributed by atoms with Gasteiger partial charge in [0.25, 0.3) is 0 Å². The molecule has 0 aromatic heterocycles. The molecule has 2 aromatic carbocycles. The van der Waals surface area contributed by atoms with Gasteiger partial charge in [0.05, 0.1) is 19.3 Å². The van der Waals surface area contributed by atoms with Gasteiger partial charge < -0.3 is 33.7 Å². The highest BCUT2D eigenvalue weighted by Gasteiger charge is 2.63. The van der Waals surface area contributed by atoms with E-state index in [1.807, 2.05) is 55.5 Å². The Bertz CT molecular complexity index is 1090. The van der Waals surface area contributed by atoms with Crippen molar-refractivity contribution in [3.05, 3.63) is 71.8 Å². The summed E-state index contributed by atoms with van der Waals surface area (Å²) in [6.07, 6.45) is 2.78. The summed E-state index contributed by atoms with van der Waals surface area (Å²) in [7, 11) is 0. The molecule has 1 aliphatic carbocycles. The van der Waals surface area contributed by atoms with E-state index in [2.05, 4.69) is 17.4 Å². The lowest BCUT2D eigenvalue weighted by Gasteiger charge is -2.50. The molecule has 39 heavy (non-hydrogen) atoms. The quantitative estimate of drug-likeness (QED) is 0.499. The van der Waals surface area contributed by atoms with Gasteiger partial charge in [-0.1, -0.05) is 79.9 Å². The number of benzene rings is 2. The number of rotatable bonds is 8. The fourth-order valence-corrected chi connectivity index (χ4v) is 6.15. The Kier molecular flexibility index (Phi) is 8.03. The van der Waals surface area contributed by atoms with Crippen molar-refractivity contribution in [2.45, 2.75) is 107 Å². The average molecular weight is 538 g/mol. The number of epoxide rings is 1. The van der Waals surface area contributed by atoms with Gasteiger partial charge in [0.15, 0.2) is 12.6 Å². The van der Waals surface area contributed by atoms with Crippen LogP contribution in [0.5, 0.6) is 0 Å². The molecule has 4 fully saturated rings. The first-order valence-corrected chi connectivity index (χ1v) is 14.2. The second kappa shape index (κ2) is 11.6. The highest BCUT2D eigenvalue weighted by Crippen LogP contribution is 2.54. The first-order chi connectivity index (χ1) is 19.0. The summed E-state index contributed by atoms with van der Waals surface area (Å²) in [5.74, 6) is -0.169. The number of hydrogen-bond donors (Lipinski definition) is 1. The van der Waals surface area contributed by atoms with Crippen molar-refractivity contribution in [3.8, 4) is 0 Å². The minimum Gasteiger partial charge on any atom is -0.368 e. The molecular formula is C31H39NO7. The SMILES string of the molecule is CC(=O)N[C@H]1[C@H](OC2CCCCC2)O[C@@H]2CO[C@@H]([C@@]3(C)O[C@@H]3c3ccccc3)O[C@H]2[C@@H]1OCc1ccccc1. The van der Waals surface area contributed by atoms with E-state index in [0.717, 1.165) is 36.8 Å². The molecule has 210 valence electrons. The molecule has 0 unspecified atom stereocenters. The highest BCUT2D eigenvalue weighted by molar-refractivity contribution is 5.73. The third kappa shape index (κ3) is 5.92. The van der Waals surface area contributed by atoms with E-state index < -0.39 is 42.5 Å². The van der Waals surface area contributed by atoms with Gasteiger partial charge in [-0.05, 0) is 30.9 Å². The van der Waals surface area contributed by atoms with Crippen LogP contribution in [0.2, 0.25) is 0 Å². The van der Waals surface area contributed by atoms with Crippen molar-refractivity contribution in [2.24, 2.45) is 0 Å². The van der Waals surface area contributed by atoms with Gasteiger partial charge in [0.2, 0.25) is 5.91 Å². The zero-order valence-electron chi connectivity index (χ0n) is 22.7. The maximum Gasteiger partial charge on any atom is 0.217 e. The van der Waals surface area contributed by atoms with Gasteiger partial charge in [0.1, 0.15) is 36.1 Å². The van der Waals surface area contributed by atoms with Gasteiger partial charge in [-0.3, -0.25) is 4.79 Å². The maximum atomic E-state index is 12.4. The van der Waals surface area contributed by atoms with Gasteiger partial charge in [-0.15, -0.1) is 0 Å². The molecular weight excluding hydrogens is 498 g/mol. The lowest BCUT2D eigenvalue weighted by atomic mass is 9.93. The first-order valence-electron chi connectivity index (χ1n) is 14.2. The molecule has 0 radical (unpaired) electrons. The minimum atomic E-state index is -0.660. The second-order valence-electron chi connectivity index (χ2n) is 11.3. The zero-order valence-corrected chi connectivity index (χ0v) is 22.7. The Morgan fingerprint density at radius 2 is 1.72 bits per heavy atom. The van der Waals surface area contributed by atoms with Crippen LogP contribution in [0.15, 0.2) is 60.7 Å². The Morgan fingerprint density at radius 1 is 1.00 bits per heavy atom. The second-order valence-corrected chi connectivity index (χ2v) is 11.3. The van der Waals surface area contributed by atoms with Gasteiger partial charge in [-0.25, -0.2) is 0 Å². The summed E-state index contributed by atoms with van der Waals surface area (Å²) >= 11 is 0. The minimum absolute atomic E-state index is 0.0925. The van der Waals surface area contributed by atoms with Crippen molar-refractivity contribution in [2.75, 3.05) is 6.61 Å². The third-order valence-corrected chi connectivity index (χ3v) is 8.28. The number of nitrogens with one attached hydrogen (secondary N) is 1. The van der Waals surface area contributed by atoms with Gasteiger partial charge >= 0.3 is 0 Å². The molecule has 8 heteroatoms. The van der Waals surface area contributed by atoms with Crippen LogP contribution >= 0.6 is 0 Å². The molecule has 1 saturated carbocycles. The molecule has 2 aromatic rings. The van der Waals surface area contributed by atoms with Gasteiger partial charge in [0, 0.05) is 6.92 Å². The number of amides is 1. The summed E-state index contributed by atoms with van der Waals surface area (Å²) < 4.78 is 38.5. The van der Waals surface area contributed by atoms with E-state index in [1.54, 1.807) is 0 Å². The van der Waals surface area contributed by atoms with Crippen molar-refractivity contribution < 1.29 is 33.2 Å². The fourth-order valence-electron chi connectivity index (χ4n) is 6.15. The van der Waals surface area contributed by atoms with E-state index >= 15 is 0 Å². The molecule has 1 N–H and O–H groups in total. The third-order valence-electron chi connectivity index (χ3n) is 8.28. The number of carbonyl (C=O) groups is 1. The maximum absolute atomic E-state index is 12.4. The predicted molar refractivity (Wildman–Crippen MR) is 143 cm³/mol. The topological polar surface area (TPSA) is 87.8 Å². The Morgan fingerprint density at radius 3 is 2.44 bits per heavy atom. The Hall–Kier alpha value is -2.33. The van der Waals surface area contributed by atoms with Crippen LogP contribution < -0.4 is 5.32 Å². The molecule has 8 nitrogen and oxygen atoms in total. The highest BCUT2D eigenvalue weighted by atomic mass is 16.8. The lowest BCUT2D eigenvalue weighted by molar-refractivity contribution is -0.359. The Balaban J connectivity index is 1.24. The van der Waals surface area contributed by atoms with Crippen LogP contribution in [0.4, 0.5) is 0 Å². The summed E-state index contributed by atoms with van der Waals surface area (Å²) in [6, 6.07) is 19.6. The van der Waals surface area contributed by atoms with E-state index in [0.29, 0.717) is 13.2 Å². The van der Waals surface area contributed by atoms with E-state index in [4.69, 9.17) is 28.4 Å². The van der Waals surface area contributed by atoms with Crippen molar-refractivity contribution >= 4 is 5.91 Å². The van der Waals surface area contributed by atoms with E-state index in [1.165, 1.54) is 13.3 Å². The fraction of sp³-hybridized carbons (Fsp3) is 0.581. The predicted octanol–water partition coefficient (Wildman–Crippen LogP) is 4.42. The van der Waals surface area contributed by atoms with Crippen LogP contribution in [-0.4, -0.2) is 61.2 Å². The summed E-state index contributed by atoms with van der Waals surface area (Å²) in [6.45, 7) is 4.21. The molecule has 0 bridgehead atoms. The Labute approximate surface area is 230 Å². The van der Waals surface area contributed by atoms with Crippen molar-refractivity contribution in [1.82, 2.24) is 5.32 Å². The zero-order chi connectivity index (χ0) is 26.8. The summed E-state index contributed by atoms with van der Waals surface area (Å²) in [5, 5.41) is 3.08. The summed E-state index contributed by atoms with van der Waals surface area (Å²) in [5.41, 5.74) is 1.50. The largest absolute Gasteiger partial charge is 0.368 e. The van der Waals surface area contributed by atoms with Crippen LogP contribution in [0, 0.1) is 0 Å². The molecule has 4 aliphatic rings. The lowest BCUT2D eigenvalue weighted by Crippen LogP contribution is -2.69. The van der Waals surface area contributed by atoms with Gasteiger partial charge in [-0.2, -0.15) is 0 Å². The molecule has 3 aliphatic heterocycles.